The average Bonchev–Trinajstić information content (AvgIpc) is 3.03. The lowest BCUT2D eigenvalue weighted by Crippen LogP contribution is -2.34. The van der Waals surface area contributed by atoms with Gasteiger partial charge in [-0.05, 0) is 36.6 Å². The van der Waals surface area contributed by atoms with E-state index < -0.39 is 12.1 Å². The molecular formula is C16H18ClN3O3S. The van der Waals surface area contributed by atoms with Crippen LogP contribution in [0.4, 0.5) is 10.5 Å². The quantitative estimate of drug-likeness (QED) is 0.698. The molecule has 0 aliphatic rings. The molecule has 0 saturated carbocycles. The van der Waals surface area contributed by atoms with Crippen LogP contribution in [0.3, 0.4) is 0 Å². The highest BCUT2D eigenvalue weighted by Gasteiger charge is 2.19. The number of amides is 3. The molecule has 0 fully saturated rings. The summed E-state index contributed by atoms with van der Waals surface area (Å²) in [7, 11) is 0. The Morgan fingerprint density at radius 3 is 2.79 bits per heavy atom. The molecule has 1 atom stereocenters. The van der Waals surface area contributed by atoms with E-state index in [0.717, 1.165) is 4.88 Å². The Hall–Kier alpha value is -2.25. The molecule has 0 unspecified atom stereocenters. The third kappa shape index (κ3) is 5.14. The van der Waals surface area contributed by atoms with Gasteiger partial charge >= 0.3 is 6.03 Å². The fraction of sp³-hybridized carbons (Fsp3) is 0.250. The number of thiophene rings is 1. The number of nitrogens with two attached hydrogens (primary N) is 1. The van der Waals surface area contributed by atoms with Crippen molar-refractivity contribution >= 4 is 40.6 Å². The van der Waals surface area contributed by atoms with Gasteiger partial charge in [-0.3, -0.25) is 4.79 Å². The van der Waals surface area contributed by atoms with Gasteiger partial charge in [0.25, 0.3) is 0 Å². The fourth-order valence-corrected chi connectivity index (χ4v) is 3.10. The molecule has 1 heterocycles. The van der Waals surface area contributed by atoms with Crippen molar-refractivity contribution in [3.05, 3.63) is 45.6 Å². The van der Waals surface area contributed by atoms with Crippen LogP contribution in [0.2, 0.25) is 5.02 Å². The maximum Gasteiger partial charge on any atom is 0.312 e. The summed E-state index contributed by atoms with van der Waals surface area (Å²) in [5.74, 6) is 0.246. The van der Waals surface area contributed by atoms with Crippen molar-refractivity contribution < 1.29 is 14.3 Å². The lowest BCUT2D eigenvalue weighted by Gasteiger charge is -2.17. The monoisotopic (exact) mass is 367 g/mol. The van der Waals surface area contributed by atoms with Gasteiger partial charge in [0.1, 0.15) is 5.75 Å². The van der Waals surface area contributed by atoms with Gasteiger partial charge in [0.15, 0.2) is 0 Å². The zero-order valence-corrected chi connectivity index (χ0v) is 14.6. The van der Waals surface area contributed by atoms with Crippen LogP contribution >= 0.6 is 22.9 Å². The fourth-order valence-electron chi connectivity index (χ4n) is 2.15. The van der Waals surface area contributed by atoms with E-state index in [4.69, 9.17) is 22.1 Å². The van der Waals surface area contributed by atoms with Crippen molar-refractivity contribution in [2.24, 2.45) is 5.73 Å². The molecule has 8 heteroatoms. The molecule has 1 aromatic carbocycles. The van der Waals surface area contributed by atoms with Crippen molar-refractivity contribution in [2.75, 3.05) is 11.9 Å². The standard InChI is InChI=1S/C16H18ClN3O3S/c1-2-23-13-6-5-10(17)8-11(13)19-15(21)9-12(20-16(18)22)14-4-3-7-24-14/h3-8,12H,2,9H2,1H3,(H,19,21)(H3,18,20,22)/t12-/m0/s1. The van der Waals surface area contributed by atoms with Gasteiger partial charge in [0.2, 0.25) is 5.91 Å². The van der Waals surface area contributed by atoms with Crippen molar-refractivity contribution in [3.63, 3.8) is 0 Å². The minimum absolute atomic E-state index is 0.0432. The van der Waals surface area contributed by atoms with Crippen LogP contribution in [-0.4, -0.2) is 18.5 Å². The van der Waals surface area contributed by atoms with Crippen LogP contribution < -0.4 is 21.1 Å². The average molecular weight is 368 g/mol. The van der Waals surface area contributed by atoms with E-state index in [9.17, 15) is 9.59 Å². The Bertz CT molecular complexity index is 707. The second kappa shape index (κ2) is 8.56. The summed E-state index contributed by atoms with van der Waals surface area (Å²) in [5, 5.41) is 7.70. The third-order valence-corrected chi connectivity index (χ3v) is 4.33. The van der Waals surface area contributed by atoms with E-state index in [2.05, 4.69) is 10.6 Å². The number of urea groups is 1. The predicted octanol–water partition coefficient (Wildman–Crippen LogP) is 3.54. The predicted molar refractivity (Wildman–Crippen MR) is 95.6 cm³/mol. The van der Waals surface area contributed by atoms with Crippen LogP contribution in [0.15, 0.2) is 35.7 Å². The molecule has 2 aromatic rings. The van der Waals surface area contributed by atoms with Gasteiger partial charge in [-0.1, -0.05) is 17.7 Å². The number of primary amides is 1. The molecule has 1 aromatic heterocycles. The molecular weight excluding hydrogens is 350 g/mol. The molecule has 4 N–H and O–H groups in total. The highest BCUT2D eigenvalue weighted by molar-refractivity contribution is 7.10. The van der Waals surface area contributed by atoms with Crippen LogP contribution in [0.5, 0.6) is 5.75 Å². The number of nitrogens with one attached hydrogen (secondary N) is 2. The molecule has 6 nitrogen and oxygen atoms in total. The van der Waals surface area contributed by atoms with Crippen molar-refractivity contribution in [3.8, 4) is 5.75 Å². The molecule has 0 aliphatic heterocycles. The SMILES string of the molecule is CCOc1ccc(Cl)cc1NC(=O)C[C@H](NC(N)=O)c1cccs1. The van der Waals surface area contributed by atoms with Gasteiger partial charge in [0, 0.05) is 9.90 Å². The highest BCUT2D eigenvalue weighted by Crippen LogP contribution is 2.29. The van der Waals surface area contributed by atoms with Gasteiger partial charge in [-0.15, -0.1) is 11.3 Å². The lowest BCUT2D eigenvalue weighted by molar-refractivity contribution is -0.116. The number of rotatable bonds is 7. The maximum atomic E-state index is 12.4. The second-order valence-electron chi connectivity index (χ2n) is 4.90. The van der Waals surface area contributed by atoms with Crippen LogP contribution in [0.25, 0.3) is 0 Å². The molecule has 0 saturated heterocycles. The normalized spacial score (nSPS) is 11.6. The lowest BCUT2D eigenvalue weighted by atomic mass is 10.1. The van der Waals surface area contributed by atoms with E-state index >= 15 is 0 Å². The van der Waals surface area contributed by atoms with Crippen LogP contribution in [0.1, 0.15) is 24.3 Å². The summed E-state index contributed by atoms with van der Waals surface area (Å²) in [6, 6.07) is 7.51. The summed E-state index contributed by atoms with van der Waals surface area (Å²) in [6.45, 7) is 2.31. The number of carbonyl (C=O) groups is 2. The van der Waals surface area contributed by atoms with Crippen LogP contribution in [0, 0.1) is 0 Å². The van der Waals surface area contributed by atoms with E-state index in [0.29, 0.717) is 23.1 Å². The Balaban J connectivity index is 2.11. The highest BCUT2D eigenvalue weighted by atomic mass is 35.5. The van der Waals surface area contributed by atoms with E-state index in [-0.39, 0.29) is 12.3 Å². The first-order chi connectivity index (χ1) is 11.5. The summed E-state index contributed by atoms with van der Waals surface area (Å²) < 4.78 is 5.47. The van der Waals surface area contributed by atoms with E-state index in [1.54, 1.807) is 18.2 Å². The number of anilines is 1. The molecule has 0 aliphatic carbocycles. The smallest absolute Gasteiger partial charge is 0.312 e. The maximum absolute atomic E-state index is 12.4. The molecule has 2 rings (SSSR count). The Kier molecular flexibility index (Phi) is 6.45. The molecule has 0 bridgehead atoms. The summed E-state index contributed by atoms with van der Waals surface area (Å²) in [5.41, 5.74) is 5.68. The van der Waals surface area contributed by atoms with Gasteiger partial charge in [-0.25, -0.2) is 4.79 Å². The zero-order chi connectivity index (χ0) is 17.5. The van der Waals surface area contributed by atoms with E-state index in [1.807, 2.05) is 24.4 Å². The largest absolute Gasteiger partial charge is 0.492 e. The number of halogens is 1. The number of ether oxygens (including phenoxy) is 1. The molecule has 0 radical (unpaired) electrons. The third-order valence-electron chi connectivity index (χ3n) is 3.11. The number of hydrogen-bond donors (Lipinski definition) is 3. The summed E-state index contributed by atoms with van der Waals surface area (Å²) in [6.07, 6.45) is 0.0432. The molecule has 0 spiro atoms. The summed E-state index contributed by atoms with van der Waals surface area (Å²) >= 11 is 7.42. The number of hydrogen-bond acceptors (Lipinski definition) is 4. The topological polar surface area (TPSA) is 93.4 Å². The Morgan fingerprint density at radius 1 is 1.38 bits per heavy atom. The first-order valence-electron chi connectivity index (χ1n) is 7.31. The first-order valence-corrected chi connectivity index (χ1v) is 8.57. The van der Waals surface area contributed by atoms with Crippen molar-refractivity contribution in [1.82, 2.24) is 5.32 Å². The van der Waals surface area contributed by atoms with Crippen molar-refractivity contribution in [2.45, 2.75) is 19.4 Å². The van der Waals surface area contributed by atoms with Gasteiger partial charge in [-0.2, -0.15) is 0 Å². The number of carbonyl (C=O) groups excluding carboxylic acids is 2. The Morgan fingerprint density at radius 2 is 2.17 bits per heavy atom. The zero-order valence-electron chi connectivity index (χ0n) is 13.0. The number of benzene rings is 1. The minimum atomic E-state index is -0.682. The Labute approximate surface area is 148 Å². The first kappa shape index (κ1) is 18.1. The van der Waals surface area contributed by atoms with E-state index in [1.165, 1.54) is 11.3 Å². The summed E-state index contributed by atoms with van der Waals surface area (Å²) in [4.78, 5) is 24.4. The molecule has 24 heavy (non-hydrogen) atoms. The van der Waals surface area contributed by atoms with Gasteiger partial charge in [0.05, 0.1) is 24.8 Å². The molecule has 128 valence electrons. The minimum Gasteiger partial charge on any atom is -0.492 e. The van der Waals surface area contributed by atoms with Gasteiger partial charge < -0.3 is 21.1 Å². The van der Waals surface area contributed by atoms with Crippen molar-refractivity contribution in [1.29, 1.82) is 0 Å². The van der Waals surface area contributed by atoms with Crippen LogP contribution in [-0.2, 0) is 4.79 Å². The second-order valence-corrected chi connectivity index (χ2v) is 6.32. The molecule has 3 amide bonds.